The summed E-state index contributed by atoms with van der Waals surface area (Å²) in [4.78, 5) is 26.4. The number of nitrogens with two attached hydrogens (primary N) is 1. The molecule has 0 aromatic carbocycles. The van der Waals surface area contributed by atoms with Gasteiger partial charge >= 0.3 is 0 Å². The van der Waals surface area contributed by atoms with Gasteiger partial charge in [-0.15, -0.1) is 0 Å². The molecule has 1 atom stereocenters. The molecule has 0 aromatic heterocycles. The maximum absolute atomic E-state index is 11.8. The molecule has 16 heavy (non-hydrogen) atoms. The van der Waals surface area contributed by atoms with Crippen molar-refractivity contribution in [1.82, 2.24) is 15.1 Å². The van der Waals surface area contributed by atoms with Crippen LogP contribution in [0.25, 0.3) is 0 Å². The smallest absolute Gasteiger partial charge is 0.242 e. The van der Waals surface area contributed by atoms with Gasteiger partial charge in [0, 0.05) is 33.2 Å². The summed E-state index contributed by atoms with van der Waals surface area (Å²) in [6, 6.07) is -0.555. The molecule has 2 amide bonds. The molecule has 1 heterocycles. The molecule has 0 saturated carbocycles. The fraction of sp³-hybridized carbons (Fsp3) is 0.800. The molecular weight excluding hydrogens is 208 g/mol. The van der Waals surface area contributed by atoms with E-state index in [0.29, 0.717) is 13.1 Å². The van der Waals surface area contributed by atoms with Gasteiger partial charge in [0.2, 0.25) is 11.8 Å². The Labute approximate surface area is 95.8 Å². The predicted molar refractivity (Wildman–Crippen MR) is 60.7 cm³/mol. The van der Waals surface area contributed by atoms with Crippen LogP contribution in [0.3, 0.4) is 0 Å². The summed E-state index contributed by atoms with van der Waals surface area (Å²) in [5.41, 5.74) is 5.46. The first-order valence-corrected chi connectivity index (χ1v) is 5.51. The zero-order valence-corrected chi connectivity index (χ0v) is 9.90. The number of carbonyl (C=O) groups is 2. The van der Waals surface area contributed by atoms with Gasteiger partial charge in [-0.1, -0.05) is 0 Å². The Hall–Kier alpha value is -1.14. The molecule has 0 radical (unpaired) electrons. The Morgan fingerprint density at radius 1 is 1.44 bits per heavy atom. The largest absolute Gasteiger partial charge is 0.339 e. The average Bonchev–Trinajstić information content (AvgIpc) is 2.28. The van der Waals surface area contributed by atoms with E-state index < -0.39 is 6.04 Å². The normalized spacial score (nSPS) is 18.1. The zero-order chi connectivity index (χ0) is 12.1. The molecule has 1 unspecified atom stereocenters. The SMILES string of the molecule is CC(N)C(=O)N(C)CC(=O)N1CCNCC1. The highest BCUT2D eigenvalue weighted by Gasteiger charge is 2.21. The number of piperazine rings is 1. The monoisotopic (exact) mass is 228 g/mol. The van der Waals surface area contributed by atoms with E-state index in [4.69, 9.17) is 5.73 Å². The summed E-state index contributed by atoms with van der Waals surface area (Å²) in [5.74, 6) is -0.221. The van der Waals surface area contributed by atoms with E-state index in [1.165, 1.54) is 4.90 Å². The van der Waals surface area contributed by atoms with Crippen molar-refractivity contribution in [2.45, 2.75) is 13.0 Å². The lowest BCUT2D eigenvalue weighted by molar-refractivity contribution is -0.140. The van der Waals surface area contributed by atoms with E-state index in [1.54, 1.807) is 18.9 Å². The van der Waals surface area contributed by atoms with Gasteiger partial charge in [-0.25, -0.2) is 0 Å². The zero-order valence-electron chi connectivity index (χ0n) is 9.90. The van der Waals surface area contributed by atoms with Gasteiger partial charge in [0.15, 0.2) is 0 Å². The first-order valence-electron chi connectivity index (χ1n) is 5.51. The number of rotatable bonds is 3. The van der Waals surface area contributed by atoms with Crippen molar-refractivity contribution in [2.24, 2.45) is 5.73 Å². The summed E-state index contributed by atoms with van der Waals surface area (Å²) in [6.45, 7) is 4.78. The van der Waals surface area contributed by atoms with Crippen molar-refractivity contribution in [3.8, 4) is 0 Å². The summed E-state index contributed by atoms with van der Waals surface area (Å²) in [7, 11) is 1.60. The highest BCUT2D eigenvalue weighted by Crippen LogP contribution is 1.97. The standard InChI is InChI=1S/C10H20N4O2/c1-8(11)10(16)13(2)7-9(15)14-5-3-12-4-6-14/h8,12H,3-7,11H2,1-2H3. The summed E-state index contributed by atoms with van der Waals surface area (Å²) < 4.78 is 0. The van der Waals surface area contributed by atoms with Crippen molar-refractivity contribution in [3.63, 3.8) is 0 Å². The molecule has 6 heteroatoms. The second-order valence-electron chi connectivity index (χ2n) is 4.11. The molecule has 0 aliphatic carbocycles. The Morgan fingerprint density at radius 2 is 2.00 bits per heavy atom. The second kappa shape index (κ2) is 5.81. The van der Waals surface area contributed by atoms with Crippen LogP contribution in [0.1, 0.15) is 6.92 Å². The first kappa shape index (κ1) is 12.9. The van der Waals surface area contributed by atoms with E-state index in [1.807, 2.05) is 0 Å². The third kappa shape index (κ3) is 3.46. The number of hydrogen-bond donors (Lipinski definition) is 2. The summed E-state index contributed by atoms with van der Waals surface area (Å²) in [5, 5.41) is 3.17. The van der Waals surface area contributed by atoms with Gasteiger partial charge in [0.1, 0.15) is 0 Å². The first-order chi connectivity index (χ1) is 7.52. The minimum absolute atomic E-state index is 0.0157. The summed E-state index contributed by atoms with van der Waals surface area (Å²) in [6.07, 6.45) is 0. The van der Waals surface area contributed by atoms with Gasteiger partial charge in [-0.05, 0) is 6.92 Å². The quantitative estimate of drug-likeness (QED) is 0.599. The third-order valence-corrected chi connectivity index (χ3v) is 2.61. The lowest BCUT2D eigenvalue weighted by atomic mass is 10.3. The van der Waals surface area contributed by atoms with Gasteiger partial charge < -0.3 is 20.9 Å². The Balaban J connectivity index is 2.40. The third-order valence-electron chi connectivity index (χ3n) is 2.61. The number of nitrogens with one attached hydrogen (secondary N) is 1. The van der Waals surface area contributed by atoms with Crippen molar-refractivity contribution in [1.29, 1.82) is 0 Å². The van der Waals surface area contributed by atoms with Gasteiger partial charge in [-0.3, -0.25) is 9.59 Å². The van der Waals surface area contributed by atoms with E-state index >= 15 is 0 Å². The fourth-order valence-electron chi connectivity index (χ4n) is 1.64. The van der Waals surface area contributed by atoms with Crippen LogP contribution in [0, 0.1) is 0 Å². The molecule has 6 nitrogen and oxygen atoms in total. The molecule has 0 aromatic rings. The Kier molecular flexibility index (Phi) is 4.70. The van der Waals surface area contributed by atoms with Crippen LogP contribution >= 0.6 is 0 Å². The number of hydrogen-bond acceptors (Lipinski definition) is 4. The Morgan fingerprint density at radius 3 is 2.50 bits per heavy atom. The van der Waals surface area contributed by atoms with Crippen LogP contribution in [0.5, 0.6) is 0 Å². The van der Waals surface area contributed by atoms with Crippen LogP contribution in [0.4, 0.5) is 0 Å². The average molecular weight is 228 g/mol. The van der Waals surface area contributed by atoms with Crippen LogP contribution < -0.4 is 11.1 Å². The Bertz CT molecular complexity index is 262. The van der Waals surface area contributed by atoms with Gasteiger partial charge in [0.25, 0.3) is 0 Å². The van der Waals surface area contributed by atoms with Crippen molar-refractivity contribution >= 4 is 11.8 Å². The molecule has 1 saturated heterocycles. The fourth-order valence-corrected chi connectivity index (χ4v) is 1.64. The minimum Gasteiger partial charge on any atom is -0.339 e. The lowest BCUT2D eigenvalue weighted by Gasteiger charge is -2.29. The van der Waals surface area contributed by atoms with Gasteiger partial charge in [0.05, 0.1) is 12.6 Å². The molecule has 0 bridgehead atoms. The number of amides is 2. The van der Waals surface area contributed by atoms with Crippen molar-refractivity contribution in [3.05, 3.63) is 0 Å². The molecule has 92 valence electrons. The van der Waals surface area contributed by atoms with Crippen molar-refractivity contribution < 1.29 is 9.59 Å². The predicted octanol–water partition coefficient (Wildman–Crippen LogP) is -1.78. The number of likely N-dealkylation sites (N-methyl/N-ethyl adjacent to an activating group) is 1. The molecule has 1 aliphatic rings. The van der Waals surface area contributed by atoms with Crippen LogP contribution in [0.2, 0.25) is 0 Å². The second-order valence-corrected chi connectivity index (χ2v) is 4.11. The highest BCUT2D eigenvalue weighted by molar-refractivity contribution is 5.87. The maximum atomic E-state index is 11.8. The number of carbonyl (C=O) groups excluding carboxylic acids is 2. The maximum Gasteiger partial charge on any atom is 0.242 e. The molecule has 0 spiro atoms. The van der Waals surface area contributed by atoms with Crippen LogP contribution in [-0.2, 0) is 9.59 Å². The lowest BCUT2D eigenvalue weighted by Crippen LogP contribution is -2.51. The van der Waals surface area contributed by atoms with Crippen LogP contribution in [0.15, 0.2) is 0 Å². The van der Waals surface area contributed by atoms with Crippen LogP contribution in [-0.4, -0.2) is 67.4 Å². The molecular formula is C10H20N4O2. The minimum atomic E-state index is -0.555. The van der Waals surface area contributed by atoms with E-state index in [2.05, 4.69) is 5.32 Å². The van der Waals surface area contributed by atoms with E-state index in [9.17, 15) is 9.59 Å². The van der Waals surface area contributed by atoms with Gasteiger partial charge in [-0.2, -0.15) is 0 Å². The summed E-state index contributed by atoms with van der Waals surface area (Å²) >= 11 is 0. The topological polar surface area (TPSA) is 78.7 Å². The van der Waals surface area contributed by atoms with Crippen molar-refractivity contribution in [2.75, 3.05) is 39.8 Å². The molecule has 1 fully saturated rings. The van der Waals surface area contributed by atoms with E-state index in [-0.39, 0.29) is 18.4 Å². The molecule has 1 aliphatic heterocycles. The van der Waals surface area contributed by atoms with E-state index in [0.717, 1.165) is 13.1 Å². The number of nitrogens with zero attached hydrogens (tertiary/aromatic N) is 2. The highest BCUT2D eigenvalue weighted by atomic mass is 16.2. The molecule has 1 rings (SSSR count). The molecule has 3 N–H and O–H groups in total.